The predicted molar refractivity (Wildman–Crippen MR) is 212 cm³/mol. The molecule has 264 valence electrons. The Morgan fingerprint density at radius 2 is 1.28 bits per heavy atom. The van der Waals surface area contributed by atoms with Crippen LogP contribution in [0.2, 0.25) is 0 Å². The van der Waals surface area contributed by atoms with E-state index in [9.17, 15) is 24.0 Å². The van der Waals surface area contributed by atoms with Gasteiger partial charge >= 0.3 is 0 Å². The van der Waals surface area contributed by atoms with Crippen molar-refractivity contribution in [1.29, 1.82) is 0 Å². The Morgan fingerprint density at radius 1 is 0.630 bits per heavy atom. The molecule has 6 aromatic rings. The highest BCUT2D eigenvalue weighted by atomic mass is 32.2. The Balaban J connectivity index is 1.14. The first-order valence-corrected chi connectivity index (χ1v) is 18.0. The van der Waals surface area contributed by atoms with Crippen molar-refractivity contribution < 1.29 is 24.0 Å². The van der Waals surface area contributed by atoms with Gasteiger partial charge in [-0.05, 0) is 60.5 Å². The molecule has 1 unspecified atom stereocenters. The predicted octanol–water partition coefficient (Wildman–Crippen LogP) is 8.65. The van der Waals surface area contributed by atoms with Gasteiger partial charge in [-0.15, -0.1) is 11.8 Å². The fourth-order valence-electron chi connectivity index (χ4n) is 6.20. The summed E-state index contributed by atoms with van der Waals surface area (Å²) in [4.78, 5) is 68.7. The van der Waals surface area contributed by atoms with Crippen LogP contribution in [0.1, 0.15) is 64.1 Å². The molecule has 0 saturated carbocycles. The molecule has 6 aromatic carbocycles. The van der Waals surface area contributed by atoms with E-state index in [4.69, 9.17) is 0 Å². The number of hydrogen-bond acceptors (Lipinski definition) is 6. The average molecular weight is 728 g/mol. The third-order valence-electron chi connectivity index (χ3n) is 8.78. The van der Waals surface area contributed by atoms with Crippen LogP contribution in [0.4, 0.5) is 11.4 Å². The largest absolute Gasteiger partial charge is 0.324 e. The molecule has 1 aliphatic rings. The van der Waals surface area contributed by atoms with Gasteiger partial charge in [-0.1, -0.05) is 121 Å². The lowest BCUT2D eigenvalue weighted by Crippen LogP contribution is -2.30. The Hall–Kier alpha value is -6.84. The SMILES string of the molecule is Cc1cccc(/C=C(/NC(=O)c2ccccc2)C(=O)Nc2cccc(SC(C(=O)Nc3cccc4c3C(=O)c3ccccc3C4=O)c3ccccc3)c2)c1. The van der Waals surface area contributed by atoms with Crippen molar-refractivity contribution in [3.8, 4) is 0 Å². The van der Waals surface area contributed by atoms with Gasteiger partial charge in [0.15, 0.2) is 11.6 Å². The molecule has 54 heavy (non-hydrogen) atoms. The fourth-order valence-corrected chi connectivity index (χ4v) is 7.28. The van der Waals surface area contributed by atoms with E-state index >= 15 is 0 Å². The molecule has 8 nitrogen and oxygen atoms in total. The highest BCUT2D eigenvalue weighted by Crippen LogP contribution is 2.39. The Morgan fingerprint density at radius 3 is 2.02 bits per heavy atom. The minimum absolute atomic E-state index is 0.0518. The summed E-state index contributed by atoms with van der Waals surface area (Å²) in [6.45, 7) is 1.94. The molecular formula is C45H33N3O5S. The molecule has 0 aromatic heterocycles. The third-order valence-corrected chi connectivity index (χ3v) is 10.0. The zero-order valence-corrected chi connectivity index (χ0v) is 29.9. The van der Waals surface area contributed by atoms with E-state index in [0.717, 1.165) is 11.1 Å². The van der Waals surface area contributed by atoms with Crippen molar-refractivity contribution in [1.82, 2.24) is 5.32 Å². The maximum Gasteiger partial charge on any atom is 0.272 e. The minimum Gasteiger partial charge on any atom is -0.324 e. The molecule has 0 radical (unpaired) electrons. The lowest BCUT2D eigenvalue weighted by atomic mass is 9.83. The topological polar surface area (TPSA) is 121 Å². The van der Waals surface area contributed by atoms with Gasteiger partial charge in [0.1, 0.15) is 10.9 Å². The van der Waals surface area contributed by atoms with Gasteiger partial charge in [0.2, 0.25) is 5.91 Å². The van der Waals surface area contributed by atoms with Crippen LogP contribution in [-0.2, 0) is 9.59 Å². The quantitative estimate of drug-likeness (QED) is 0.0958. The number of benzene rings is 6. The molecule has 0 heterocycles. The van der Waals surface area contributed by atoms with E-state index in [2.05, 4.69) is 16.0 Å². The van der Waals surface area contributed by atoms with Crippen LogP contribution in [-0.4, -0.2) is 29.3 Å². The molecule has 1 atom stereocenters. The number of ketones is 2. The fraction of sp³-hybridized carbons (Fsp3) is 0.0444. The van der Waals surface area contributed by atoms with Crippen molar-refractivity contribution in [2.75, 3.05) is 10.6 Å². The number of amides is 3. The lowest BCUT2D eigenvalue weighted by Gasteiger charge is -2.22. The number of carbonyl (C=O) groups excluding carboxylic acids is 5. The Labute approximate surface area is 316 Å². The summed E-state index contributed by atoms with van der Waals surface area (Å²) in [6.07, 6.45) is 1.62. The number of rotatable bonds is 10. The molecule has 0 aliphatic heterocycles. The van der Waals surface area contributed by atoms with Crippen LogP contribution in [0.15, 0.2) is 162 Å². The number of aryl methyl sites for hydroxylation is 1. The number of thioether (sulfide) groups is 1. The maximum absolute atomic E-state index is 14.2. The van der Waals surface area contributed by atoms with Gasteiger partial charge in [0.25, 0.3) is 11.8 Å². The molecule has 3 amide bonds. The number of anilines is 2. The summed E-state index contributed by atoms with van der Waals surface area (Å²) < 4.78 is 0. The second-order valence-corrected chi connectivity index (χ2v) is 13.8. The first-order chi connectivity index (χ1) is 26.2. The van der Waals surface area contributed by atoms with Gasteiger partial charge in [-0.2, -0.15) is 0 Å². The zero-order chi connectivity index (χ0) is 37.6. The monoisotopic (exact) mass is 727 g/mol. The van der Waals surface area contributed by atoms with Crippen molar-refractivity contribution in [3.63, 3.8) is 0 Å². The second-order valence-electron chi connectivity index (χ2n) is 12.6. The molecule has 9 heteroatoms. The van der Waals surface area contributed by atoms with Crippen LogP contribution in [0.5, 0.6) is 0 Å². The molecule has 1 aliphatic carbocycles. The highest BCUT2D eigenvalue weighted by Gasteiger charge is 2.33. The molecule has 0 spiro atoms. The molecule has 7 rings (SSSR count). The van der Waals surface area contributed by atoms with Gasteiger partial charge in [-0.3, -0.25) is 24.0 Å². The summed E-state index contributed by atoms with van der Waals surface area (Å²) in [5.41, 5.74) is 4.61. The van der Waals surface area contributed by atoms with Crippen LogP contribution in [0.3, 0.4) is 0 Å². The van der Waals surface area contributed by atoms with Crippen molar-refractivity contribution in [3.05, 3.63) is 202 Å². The van der Waals surface area contributed by atoms with Crippen LogP contribution < -0.4 is 16.0 Å². The molecular weight excluding hydrogens is 695 g/mol. The van der Waals surface area contributed by atoms with Gasteiger partial charge < -0.3 is 16.0 Å². The van der Waals surface area contributed by atoms with E-state index in [1.807, 2.05) is 67.6 Å². The zero-order valence-electron chi connectivity index (χ0n) is 29.0. The third kappa shape index (κ3) is 7.81. The highest BCUT2D eigenvalue weighted by molar-refractivity contribution is 8.00. The first-order valence-electron chi connectivity index (χ1n) is 17.2. The normalized spacial score (nSPS) is 12.6. The minimum atomic E-state index is -0.781. The summed E-state index contributed by atoms with van der Waals surface area (Å²) in [7, 11) is 0. The van der Waals surface area contributed by atoms with E-state index in [1.165, 1.54) is 11.8 Å². The molecule has 0 bridgehead atoms. The average Bonchev–Trinajstić information content (AvgIpc) is 3.19. The van der Waals surface area contributed by atoms with E-state index < -0.39 is 23.0 Å². The van der Waals surface area contributed by atoms with E-state index in [-0.39, 0.29) is 34.1 Å². The molecule has 0 fully saturated rings. The summed E-state index contributed by atoms with van der Waals surface area (Å²) in [6, 6.07) is 44.0. The maximum atomic E-state index is 14.2. The van der Waals surface area contributed by atoms with Crippen molar-refractivity contribution in [2.24, 2.45) is 0 Å². The molecule has 3 N–H and O–H groups in total. The van der Waals surface area contributed by atoms with E-state index in [0.29, 0.717) is 32.8 Å². The Bertz CT molecular complexity index is 2460. The molecule has 0 saturated heterocycles. The lowest BCUT2D eigenvalue weighted by molar-refractivity contribution is -0.116. The van der Waals surface area contributed by atoms with Crippen molar-refractivity contribution in [2.45, 2.75) is 17.1 Å². The van der Waals surface area contributed by atoms with Gasteiger partial charge in [0.05, 0.1) is 11.3 Å². The summed E-state index contributed by atoms with van der Waals surface area (Å²) in [5.74, 6) is -1.98. The Kier molecular flexibility index (Phi) is 10.4. The number of hydrogen-bond donors (Lipinski definition) is 3. The summed E-state index contributed by atoms with van der Waals surface area (Å²) >= 11 is 1.26. The smallest absolute Gasteiger partial charge is 0.272 e. The van der Waals surface area contributed by atoms with Crippen molar-refractivity contribution >= 4 is 58.5 Å². The number of carbonyl (C=O) groups is 5. The van der Waals surface area contributed by atoms with Crippen LogP contribution >= 0.6 is 11.8 Å². The summed E-state index contributed by atoms with van der Waals surface area (Å²) in [5, 5.41) is 7.83. The second kappa shape index (κ2) is 15.8. The van der Waals surface area contributed by atoms with Gasteiger partial charge in [-0.25, -0.2) is 0 Å². The number of fused-ring (bicyclic) bond motifs is 2. The van der Waals surface area contributed by atoms with Crippen LogP contribution in [0.25, 0.3) is 6.08 Å². The van der Waals surface area contributed by atoms with Gasteiger partial charge in [0, 0.05) is 32.8 Å². The number of nitrogens with one attached hydrogen (secondary N) is 3. The van der Waals surface area contributed by atoms with Crippen LogP contribution in [0, 0.1) is 6.92 Å². The van der Waals surface area contributed by atoms with E-state index in [1.54, 1.807) is 97.1 Å². The first kappa shape index (κ1) is 35.6. The standard InChI is InChI=1S/C45H33N3O5S/c1-28-13-10-14-29(25-28)26-38(48-43(51)31-17-6-3-7-18-31)44(52)46-32-19-11-20-33(27-32)54-42(30-15-4-2-5-16-30)45(53)47-37-24-12-23-36-39(37)41(50)35-22-9-8-21-34(35)40(36)49/h2-27,42H,1H3,(H,46,52)(H,47,53)(H,48,51)/b38-26+.